The van der Waals surface area contributed by atoms with Crippen LogP contribution in [-0.4, -0.2) is 35.9 Å². The van der Waals surface area contributed by atoms with Crippen LogP contribution < -0.4 is 5.32 Å². The molecule has 30 heavy (non-hydrogen) atoms. The molecule has 1 fully saturated rings. The monoisotopic (exact) mass is 399 g/mol. The second-order valence-corrected chi connectivity index (χ2v) is 8.24. The molecule has 2 aromatic carbocycles. The molecule has 4 heteroatoms. The van der Waals surface area contributed by atoms with Gasteiger partial charge in [0.15, 0.2) is 0 Å². The van der Waals surface area contributed by atoms with Crippen LogP contribution in [0.15, 0.2) is 79.1 Å². The minimum atomic E-state index is -0.352. The number of carbonyl (C=O) groups is 1. The van der Waals surface area contributed by atoms with Crippen molar-refractivity contribution in [2.24, 2.45) is 5.41 Å². The number of hydrogen-bond acceptors (Lipinski definition) is 3. The quantitative estimate of drug-likeness (QED) is 0.671. The van der Waals surface area contributed by atoms with E-state index < -0.39 is 0 Å². The minimum absolute atomic E-state index is 0.161. The molecule has 0 aliphatic carbocycles. The van der Waals surface area contributed by atoms with Crippen LogP contribution in [0.25, 0.3) is 11.1 Å². The van der Waals surface area contributed by atoms with Crippen molar-refractivity contribution < 1.29 is 4.79 Å². The summed E-state index contributed by atoms with van der Waals surface area (Å²) in [5.74, 6) is 0.161. The molecule has 1 aromatic heterocycles. The first kappa shape index (κ1) is 20.3. The summed E-state index contributed by atoms with van der Waals surface area (Å²) in [5, 5.41) is 2.94. The van der Waals surface area contributed by atoms with Gasteiger partial charge in [-0.2, -0.15) is 0 Å². The lowest BCUT2D eigenvalue weighted by Crippen LogP contribution is -2.49. The van der Waals surface area contributed by atoms with Gasteiger partial charge in [-0.3, -0.25) is 14.7 Å². The second-order valence-electron chi connectivity index (χ2n) is 8.24. The fraction of sp³-hybridized carbons (Fsp3) is 0.308. The largest absolute Gasteiger partial charge is 0.359 e. The molecule has 0 unspecified atom stereocenters. The van der Waals surface area contributed by atoms with E-state index in [0.29, 0.717) is 0 Å². The summed E-state index contributed by atoms with van der Waals surface area (Å²) in [6, 6.07) is 23.1. The van der Waals surface area contributed by atoms with E-state index in [2.05, 4.69) is 75.9 Å². The number of nitrogens with zero attached hydrogens (tertiary/aromatic N) is 2. The zero-order chi connectivity index (χ0) is 20.8. The highest BCUT2D eigenvalue weighted by molar-refractivity contribution is 5.83. The maximum absolute atomic E-state index is 13.0. The number of aromatic nitrogens is 1. The van der Waals surface area contributed by atoms with Gasteiger partial charge in [-0.15, -0.1) is 0 Å². The molecule has 4 nitrogen and oxygen atoms in total. The Morgan fingerprint density at radius 1 is 0.967 bits per heavy atom. The highest BCUT2D eigenvalue weighted by Gasteiger charge is 2.40. The van der Waals surface area contributed by atoms with Crippen molar-refractivity contribution in [3.63, 3.8) is 0 Å². The number of pyridine rings is 1. The third-order valence-corrected chi connectivity index (χ3v) is 6.24. The van der Waals surface area contributed by atoms with Gasteiger partial charge in [0, 0.05) is 26.0 Å². The van der Waals surface area contributed by atoms with Crippen molar-refractivity contribution >= 4 is 5.91 Å². The van der Waals surface area contributed by atoms with Gasteiger partial charge >= 0.3 is 0 Å². The Labute approximate surface area is 179 Å². The molecular weight excluding hydrogens is 370 g/mol. The molecule has 1 aliphatic rings. The maximum atomic E-state index is 13.0. The second kappa shape index (κ2) is 9.23. The van der Waals surface area contributed by atoms with Crippen molar-refractivity contribution in [1.82, 2.24) is 15.2 Å². The van der Waals surface area contributed by atoms with E-state index in [1.54, 1.807) is 13.2 Å². The average Bonchev–Trinajstić information content (AvgIpc) is 2.81. The Hall–Kier alpha value is -2.98. The summed E-state index contributed by atoms with van der Waals surface area (Å²) >= 11 is 0. The van der Waals surface area contributed by atoms with Crippen molar-refractivity contribution in [1.29, 1.82) is 0 Å². The average molecular weight is 400 g/mol. The Morgan fingerprint density at radius 2 is 1.70 bits per heavy atom. The predicted molar refractivity (Wildman–Crippen MR) is 121 cm³/mol. The molecule has 3 aromatic rings. The Balaban J connectivity index is 1.49. The third kappa shape index (κ3) is 4.60. The number of piperidine rings is 1. The summed E-state index contributed by atoms with van der Waals surface area (Å²) < 4.78 is 0. The maximum Gasteiger partial charge on any atom is 0.226 e. The molecule has 2 heterocycles. The van der Waals surface area contributed by atoms with E-state index in [0.717, 1.165) is 50.0 Å². The molecule has 1 saturated heterocycles. The van der Waals surface area contributed by atoms with Crippen molar-refractivity contribution in [3.05, 3.63) is 90.3 Å². The lowest BCUT2D eigenvalue weighted by molar-refractivity contribution is -0.133. The number of hydrogen-bond donors (Lipinski definition) is 1. The Bertz CT molecular complexity index is 964. The standard InChI is InChI=1S/C26H29N3O/c1-27-25(30)26(12-15-29(16-13-26)20-21-7-3-2-4-8-21)18-22-9-5-10-23(17-22)24-11-6-14-28-19-24/h2-11,14,17,19H,12-13,15-16,18,20H2,1H3,(H,27,30). The highest BCUT2D eigenvalue weighted by Crippen LogP contribution is 2.36. The van der Waals surface area contributed by atoms with Crippen LogP contribution in [0.1, 0.15) is 24.0 Å². The number of rotatable bonds is 6. The SMILES string of the molecule is CNC(=O)C1(Cc2cccc(-c3cccnc3)c2)CCN(Cc2ccccc2)CC1. The van der Waals surface area contributed by atoms with Crippen LogP contribution in [-0.2, 0) is 17.8 Å². The highest BCUT2D eigenvalue weighted by atomic mass is 16.2. The van der Waals surface area contributed by atoms with E-state index in [9.17, 15) is 4.79 Å². The van der Waals surface area contributed by atoms with Gasteiger partial charge in [0.25, 0.3) is 0 Å². The van der Waals surface area contributed by atoms with Crippen LogP contribution in [0.4, 0.5) is 0 Å². The van der Waals surface area contributed by atoms with E-state index in [4.69, 9.17) is 0 Å². The number of amides is 1. The first-order valence-electron chi connectivity index (χ1n) is 10.7. The molecule has 1 amide bonds. The molecule has 4 rings (SSSR count). The molecular formula is C26H29N3O. The topological polar surface area (TPSA) is 45.2 Å². The van der Waals surface area contributed by atoms with Gasteiger partial charge in [-0.05, 0) is 60.7 Å². The van der Waals surface area contributed by atoms with Gasteiger partial charge in [0.1, 0.15) is 0 Å². The van der Waals surface area contributed by atoms with Gasteiger partial charge < -0.3 is 5.32 Å². The minimum Gasteiger partial charge on any atom is -0.359 e. The summed E-state index contributed by atoms with van der Waals surface area (Å²) in [5.41, 5.74) is 4.43. The van der Waals surface area contributed by atoms with E-state index in [-0.39, 0.29) is 11.3 Å². The molecule has 0 saturated carbocycles. The number of carbonyl (C=O) groups excluding carboxylic acids is 1. The van der Waals surface area contributed by atoms with Crippen LogP contribution in [0, 0.1) is 5.41 Å². The van der Waals surface area contributed by atoms with Crippen molar-refractivity contribution in [3.8, 4) is 11.1 Å². The fourth-order valence-corrected chi connectivity index (χ4v) is 4.52. The summed E-state index contributed by atoms with van der Waals surface area (Å²) in [6.07, 6.45) is 6.18. The van der Waals surface area contributed by atoms with Gasteiger partial charge in [-0.25, -0.2) is 0 Å². The van der Waals surface area contributed by atoms with Crippen molar-refractivity contribution in [2.75, 3.05) is 20.1 Å². The molecule has 1 N–H and O–H groups in total. The lowest BCUT2D eigenvalue weighted by atomic mass is 9.72. The number of likely N-dealkylation sites (tertiary alicyclic amines) is 1. The van der Waals surface area contributed by atoms with Crippen molar-refractivity contribution in [2.45, 2.75) is 25.8 Å². The van der Waals surface area contributed by atoms with Crippen LogP contribution >= 0.6 is 0 Å². The fourth-order valence-electron chi connectivity index (χ4n) is 4.52. The van der Waals surface area contributed by atoms with Crippen LogP contribution in [0.3, 0.4) is 0 Å². The lowest BCUT2D eigenvalue weighted by Gasteiger charge is -2.40. The molecule has 154 valence electrons. The Kier molecular flexibility index (Phi) is 6.24. The predicted octanol–water partition coefficient (Wildman–Crippen LogP) is 4.32. The smallest absolute Gasteiger partial charge is 0.226 e. The first-order chi connectivity index (χ1) is 14.7. The molecule has 0 spiro atoms. The zero-order valence-corrected chi connectivity index (χ0v) is 17.6. The summed E-state index contributed by atoms with van der Waals surface area (Å²) in [6.45, 7) is 2.82. The van der Waals surface area contributed by atoms with Gasteiger partial charge in [0.05, 0.1) is 5.41 Å². The first-order valence-corrected chi connectivity index (χ1v) is 10.7. The molecule has 0 radical (unpaired) electrons. The van der Waals surface area contributed by atoms with Crippen LogP contribution in [0.2, 0.25) is 0 Å². The third-order valence-electron chi connectivity index (χ3n) is 6.24. The normalized spacial score (nSPS) is 16.2. The Morgan fingerprint density at radius 3 is 2.40 bits per heavy atom. The van der Waals surface area contributed by atoms with E-state index in [1.165, 1.54) is 11.1 Å². The molecule has 0 bridgehead atoms. The number of nitrogens with one attached hydrogen (secondary N) is 1. The molecule has 0 atom stereocenters. The summed E-state index contributed by atoms with van der Waals surface area (Å²) in [7, 11) is 1.76. The summed E-state index contributed by atoms with van der Waals surface area (Å²) in [4.78, 5) is 19.7. The van der Waals surface area contributed by atoms with Crippen LogP contribution in [0.5, 0.6) is 0 Å². The van der Waals surface area contributed by atoms with E-state index in [1.807, 2.05) is 12.3 Å². The molecule has 1 aliphatic heterocycles. The van der Waals surface area contributed by atoms with Gasteiger partial charge in [0.2, 0.25) is 5.91 Å². The number of benzene rings is 2. The zero-order valence-electron chi connectivity index (χ0n) is 17.6. The van der Waals surface area contributed by atoms with Gasteiger partial charge in [-0.1, -0.05) is 60.7 Å². The van der Waals surface area contributed by atoms with E-state index >= 15 is 0 Å².